The predicted octanol–water partition coefficient (Wildman–Crippen LogP) is 2.90. The molecule has 0 radical (unpaired) electrons. The van der Waals surface area contributed by atoms with Gasteiger partial charge in [-0.2, -0.15) is 0 Å². The number of nitrogens with one attached hydrogen (secondary N) is 1. The zero-order chi connectivity index (χ0) is 16.2. The minimum atomic E-state index is -0.472. The van der Waals surface area contributed by atoms with E-state index in [2.05, 4.69) is 15.3 Å². The first-order valence-corrected chi connectivity index (χ1v) is 7.10. The lowest BCUT2D eigenvalue weighted by atomic mass is 10.2. The van der Waals surface area contributed by atoms with Crippen LogP contribution in [-0.4, -0.2) is 29.2 Å². The van der Waals surface area contributed by atoms with E-state index in [1.165, 1.54) is 12.3 Å². The lowest BCUT2D eigenvalue weighted by Crippen LogP contribution is -2.18. The topological polar surface area (TPSA) is 92.9 Å². The van der Waals surface area contributed by atoms with Gasteiger partial charge in [0.05, 0.1) is 22.9 Å². The maximum Gasteiger partial charge on any atom is 0.291 e. The molecule has 0 bridgehead atoms. The molecule has 0 unspecified atom stereocenters. The molecule has 1 aromatic heterocycles. The molecule has 0 atom stereocenters. The van der Waals surface area contributed by atoms with Crippen LogP contribution in [0.2, 0.25) is 0 Å². The number of amidine groups is 1. The maximum absolute atomic E-state index is 10.8. The molecule has 8 nitrogen and oxygen atoms in total. The zero-order valence-corrected chi connectivity index (χ0v) is 12.5. The summed E-state index contributed by atoms with van der Waals surface area (Å²) in [6, 6.07) is 11.1. The van der Waals surface area contributed by atoms with Crippen LogP contribution in [0.1, 0.15) is 6.92 Å². The highest BCUT2D eigenvalue weighted by molar-refractivity contribution is 5.95. The van der Waals surface area contributed by atoms with Gasteiger partial charge < -0.3 is 15.0 Å². The molecule has 0 fully saturated rings. The standard InChI is InChI=1S/C15H15N5O3/c1-2-23-15-17-10-19(13-6-4-3-5-12(13)18-15)14-8-7-11(9-16-14)20(21)22/h3-9H,2,10H2,1H3,(H,17,18). The molecular formula is C15H15N5O3. The van der Waals surface area contributed by atoms with Crippen LogP contribution in [0.5, 0.6) is 0 Å². The Labute approximate surface area is 132 Å². The van der Waals surface area contributed by atoms with Crippen LogP contribution in [-0.2, 0) is 4.74 Å². The van der Waals surface area contributed by atoms with E-state index in [0.29, 0.717) is 25.1 Å². The second-order valence-corrected chi connectivity index (χ2v) is 4.74. The van der Waals surface area contributed by atoms with Crippen LogP contribution in [0.25, 0.3) is 0 Å². The minimum Gasteiger partial charge on any atom is -0.465 e. The van der Waals surface area contributed by atoms with Crippen LogP contribution in [0, 0.1) is 10.1 Å². The number of hydrogen-bond donors (Lipinski definition) is 1. The Morgan fingerprint density at radius 1 is 1.35 bits per heavy atom. The summed E-state index contributed by atoms with van der Waals surface area (Å²) >= 11 is 0. The first-order chi connectivity index (χ1) is 11.2. The molecule has 3 rings (SSSR count). The molecule has 2 heterocycles. The van der Waals surface area contributed by atoms with Gasteiger partial charge in [0.25, 0.3) is 11.7 Å². The number of anilines is 3. The number of ether oxygens (including phenoxy) is 1. The number of aromatic nitrogens is 1. The molecule has 0 spiro atoms. The molecule has 0 saturated carbocycles. The molecule has 0 saturated heterocycles. The number of fused-ring (bicyclic) bond motifs is 1. The minimum absolute atomic E-state index is 0.0477. The summed E-state index contributed by atoms with van der Waals surface area (Å²) in [7, 11) is 0. The van der Waals surface area contributed by atoms with Crippen LogP contribution < -0.4 is 10.2 Å². The van der Waals surface area contributed by atoms with E-state index < -0.39 is 4.92 Å². The van der Waals surface area contributed by atoms with Crippen LogP contribution in [0.3, 0.4) is 0 Å². The van der Waals surface area contributed by atoms with Crippen molar-refractivity contribution in [3.8, 4) is 0 Å². The van der Waals surface area contributed by atoms with E-state index >= 15 is 0 Å². The molecule has 1 aromatic carbocycles. The summed E-state index contributed by atoms with van der Waals surface area (Å²) in [5, 5.41) is 13.9. The van der Waals surface area contributed by atoms with E-state index in [1.54, 1.807) is 6.07 Å². The van der Waals surface area contributed by atoms with Gasteiger partial charge in [-0.15, -0.1) is 0 Å². The molecule has 118 valence electrons. The summed E-state index contributed by atoms with van der Waals surface area (Å²) in [6.07, 6.45) is 1.24. The van der Waals surface area contributed by atoms with Crippen molar-refractivity contribution < 1.29 is 9.66 Å². The van der Waals surface area contributed by atoms with E-state index in [1.807, 2.05) is 36.1 Å². The average Bonchev–Trinajstić information content (AvgIpc) is 2.74. The number of para-hydroxylation sites is 2. The number of hydrogen-bond acceptors (Lipinski definition) is 7. The number of nitrogens with zero attached hydrogens (tertiary/aromatic N) is 4. The van der Waals surface area contributed by atoms with Crippen molar-refractivity contribution in [2.75, 3.05) is 23.5 Å². The van der Waals surface area contributed by atoms with E-state index in [-0.39, 0.29) is 5.69 Å². The largest absolute Gasteiger partial charge is 0.465 e. The first-order valence-electron chi connectivity index (χ1n) is 7.10. The lowest BCUT2D eigenvalue weighted by molar-refractivity contribution is -0.385. The van der Waals surface area contributed by atoms with Gasteiger partial charge in [-0.25, -0.2) is 9.98 Å². The Morgan fingerprint density at radius 2 is 2.17 bits per heavy atom. The number of nitro groups is 1. The van der Waals surface area contributed by atoms with Crippen molar-refractivity contribution in [2.24, 2.45) is 4.99 Å². The van der Waals surface area contributed by atoms with Crippen molar-refractivity contribution >= 4 is 28.9 Å². The summed E-state index contributed by atoms with van der Waals surface area (Å²) < 4.78 is 5.46. The third-order valence-electron chi connectivity index (χ3n) is 3.29. The lowest BCUT2D eigenvalue weighted by Gasteiger charge is -2.21. The average molecular weight is 313 g/mol. The Morgan fingerprint density at radius 3 is 2.87 bits per heavy atom. The van der Waals surface area contributed by atoms with Gasteiger partial charge in [-0.1, -0.05) is 12.1 Å². The number of aliphatic imine (C=N–C) groups is 1. The monoisotopic (exact) mass is 313 g/mol. The number of rotatable bonds is 3. The third kappa shape index (κ3) is 3.05. The van der Waals surface area contributed by atoms with E-state index in [0.717, 1.165) is 11.4 Å². The van der Waals surface area contributed by atoms with Crippen molar-refractivity contribution in [1.29, 1.82) is 0 Å². The Balaban J connectivity index is 1.99. The van der Waals surface area contributed by atoms with Crippen molar-refractivity contribution in [3.63, 3.8) is 0 Å². The van der Waals surface area contributed by atoms with Crippen molar-refractivity contribution in [2.45, 2.75) is 6.92 Å². The van der Waals surface area contributed by atoms with Crippen molar-refractivity contribution in [1.82, 2.24) is 4.98 Å². The number of pyridine rings is 1. The van der Waals surface area contributed by atoms with Gasteiger partial charge in [0.1, 0.15) is 18.7 Å². The highest BCUT2D eigenvalue weighted by Crippen LogP contribution is 2.33. The van der Waals surface area contributed by atoms with E-state index in [4.69, 9.17) is 4.74 Å². The third-order valence-corrected chi connectivity index (χ3v) is 3.29. The Bertz CT molecular complexity index is 745. The number of benzene rings is 1. The zero-order valence-electron chi connectivity index (χ0n) is 12.5. The van der Waals surface area contributed by atoms with Gasteiger partial charge in [-0.05, 0) is 25.1 Å². The fourth-order valence-electron chi connectivity index (χ4n) is 2.24. The molecule has 1 N–H and O–H groups in total. The normalized spacial score (nSPS) is 13.4. The smallest absolute Gasteiger partial charge is 0.291 e. The highest BCUT2D eigenvalue weighted by Gasteiger charge is 2.19. The second kappa shape index (κ2) is 6.30. The quantitative estimate of drug-likeness (QED) is 0.692. The Kier molecular flexibility index (Phi) is 4.05. The van der Waals surface area contributed by atoms with Gasteiger partial charge in [0, 0.05) is 6.07 Å². The molecule has 0 amide bonds. The Hall–Kier alpha value is -3.16. The van der Waals surface area contributed by atoms with Crippen molar-refractivity contribution in [3.05, 3.63) is 52.7 Å². The van der Waals surface area contributed by atoms with Gasteiger partial charge in [-0.3, -0.25) is 10.1 Å². The molecule has 23 heavy (non-hydrogen) atoms. The molecular weight excluding hydrogens is 298 g/mol. The fraction of sp³-hybridized carbons (Fsp3) is 0.200. The summed E-state index contributed by atoms with van der Waals surface area (Å²) in [5.74, 6) is 0.575. The molecule has 0 aliphatic carbocycles. The van der Waals surface area contributed by atoms with Crippen LogP contribution in [0.4, 0.5) is 22.9 Å². The molecule has 1 aliphatic rings. The highest BCUT2D eigenvalue weighted by atomic mass is 16.6. The van der Waals surface area contributed by atoms with E-state index in [9.17, 15) is 10.1 Å². The first kappa shape index (κ1) is 14.8. The van der Waals surface area contributed by atoms with Crippen LogP contribution >= 0.6 is 0 Å². The maximum atomic E-state index is 10.8. The van der Waals surface area contributed by atoms with Gasteiger partial charge in [0.2, 0.25) is 0 Å². The van der Waals surface area contributed by atoms with Gasteiger partial charge in [0.15, 0.2) is 0 Å². The molecule has 2 aromatic rings. The van der Waals surface area contributed by atoms with Crippen LogP contribution in [0.15, 0.2) is 47.6 Å². The summed E-state index contributed by atoms with van der Waals surface area (Å²) in [5.41, 5.74) is 1.65. The fourth-order valence-corrected chi connectivity index (χ4v) is 2.24. The summed E-state index contributed by atoms with van der Waals surface area (Å²) in [4.78, 5) is 20.7. The SMILES string of the molecule is CCOC1=NCN(c2ccc([N+](=O)[O-])cn2)c2ccccc2N1. The molecule has 8 heteroatoms. The summed E-state index contributed by atoms with van der Waals surface area (Å²) in [6.45, 7) is 2.69. The van der Waals surface area contributed by atoms with Gasteiger partial charge >= 0.3 is 0 Å². The predicted molar refractivity (Wildman–Crippen MR) is 87.0 cm³/mol. The molecule has 1 aliphatic heterocycles. The second-order valence-electron chi connectivity index (χ2n) is 4.74.